The zero-order chi connectivity index (χ0) is 12.4. The number of aromatic nitrogens is 2. The van der Waals surface area contributed by atoms with Gasteiger partial charge in [-0.2, -0.15) is 10.2 Å². The fraction of sp³-hybridized carbons (Fsp3) is 0.182. The van der Waals surface area contributed by atoms with Crippen molar-refractivity contribution in [2.24, 2.45) is 17.9 Å². The summed E-state index contributed by atoms with van der Waals surface area (Å²) in [6, 6.07) is 5.97. The number of nitrogens with zero attached hydrogens (tertiary/aromatic N) is 3. The highest BCUT2D eigenvalue weighted by Crippen LogP contribution is 2.17. The summed E-state index contributed by atoms with van der Waals surface area (Å²) in [5, 5.41) is 9.60. The fourth-order valence-electron chi connectivity index (χ4n) is 1.60. The van der Waals surface area contributed by atoms with E-state index in [9.17, 15) is 0 Å². The van der Waals surface area contributed by atoms with Crippen LogP contribution in [0.25, 0.3) is 10.9 Å². The van der Waals surface area contributed by atoms with Gasteiger partial charge < -0.3 is 5.73 Å². The number of fused-ring (bicyclic) bond motifs is 1. The van der Waals surface area contributed by atoms with Crippen LogP contribution in [0, 0.1) is 6.92 Å². The quantitative estimate of drug-likeness (QED) is 0.473. The van der Waals surface area contributed by atoms with E-state index in [1.54, 1.807) is 6.21 Å². The molecule has 2 rings (SSSR count). The van der Waals surface area contributed by atoms with Crippen molar-refractivity contribution >= 4 is 34.4 Å². The summed E-state index contributed by atoms with van der Waals surface area (Å²) < 4.78 is 1.86. The van der Waals surface area contributed by atoms with Crippen LogP contribution in [0.15, 0.2) is 23.3 Å². The summed E-state index contributed by atoms with van der Waals surface area (Å²) in [7, 11) is 1.93. The van der Waals surface area contributed by atoms with Crippen molar-refractivity contribution in [2.75, 3.05) is 0 Å². The topological polar surface area (TPSA) is 68.2 Å². The van der Waals surface area contributed by atoms with E-state index in [1.165, 1.54) is 0 Å². The summed E-state index contributed by atoms with van der Waals surface area (Å²) in [6.45, 7) is 2.04. The Labute approximate surface area is 104 Å². The second kappa shape index (κ2) is 4.50. The van der Waals surface area contributed by atoms with Crippen LogP contribution in [-0.4, -0.2) is 21.1 Å². The SMILES string of the molecule is Cc1c2ccc(C=NNC(N)=S)cc2nn1C. The molecule has 0 aliphatic carbocycles. The number of hydrogen-bond donors (Lipinski definition) is 2. The van der Waals surface area contributed by atoms with Gasteiger partial charge in [-0.3, -0.25) is 10.1 Å². The molecule has 0 atom stereocenters. The first-order valence-corrected chi connectivity index (χ1v) is 5.50. The highest BCUT2D eigenvalue weighted by molar-refractivity contribution is 7.80. The predicted octanol–water partition coefficient (Wildman–Crippen LogP) is 1.05. The third-order valence-electron chi connectivity index (χ3n) is 2.54. The Morgan fingerprint density at radius 2 is 2.35 bits per heavy atom. The number of nitrogens with two attached hydrogens (primary N) is 1. The first kappa shape index (κ1) is 11.5. The molecule has 1 aromatic heterocycles. The van der Waals surface area contributed by atoms with E-state index in [0.717, 1.165) is 22.2 Å². The first-order chi connectivity index (χ1) is 8.08. The van der Waals surface area contributed by atoms with Gasteiger partial charge in [-0.05, 0) is 30.8 Å². The summed E-state index contributed by atoms with van der Waals surface area (Å²) in [6.07, 6.45) is 1.66. The van der Waals surface area contributed by atoms with Crippen LogP contribution >= 0.6 is 12.2 Å². The van der Waals surface area contributed by atoms with Gasteiger partial charge in [0.1, 0.15) is 0 Å². The highest BCUT2D eigenvalue weighted by Gasteiger charge is 2.04. The molecule has 0 aliphatic heterocycles. The smallest absolute Gasteiger partial charge is 0.184 e. The average Bonchev–Trinajstić information content (AvgIpc) is 2.54. The third-order valence-corrected chi connectivity index (χ3v) is 2.63. The maximum absolute atomic E-state index is 5.26. The van der Waals surface area contributed by atoms with Gasteiger partial charge in [-0.25, -0.2) is 0 Å². The maximum Gasteiger partial charge on any atom is 0.184 e. The van der Waals surface area contributed by atoms with Crippen LogP contribution in [0.5, 0.6) is 0 Å². The van der Waals surface area contributed by atoms with Gasteiger partial charge in [-0.1, -0.05) is 12.1 Å². The summed E-state index contributed by atoms with van der Waals surface area (Å²) >= 11 is 4.65. The molecule has 3 N–H and O–H groups in total. The van der Waals surface area contributed by atoms with Crippen LogP contribution in [-0.2, 0) is 7.05 Å². The fourth-order valence-corrected chi connectivity index (χ4v) is 1.65. The molecule has 1 aromatic carbocycles. The average molecular weight is 247 g/mol. The second-order valence-electron chi connectivity index (χ2n) is 3.72. The monoisotopic (exact) mass is 247 g/mol. The molecule has 2 aromatic rings. The second-order valence-corrected chi connectivity index (χ2v) is 4.16. The lowest BCUT2D eigenvalue weighted by molar-refractivity contribution is 0.751. The lowest BCUT2D eigenvalue weighted by Gasteiger charge is -1.95. The van der Waals surface area contributed by atoms with Gasteiger partial charge >= 0.3 is 0 Å². The maximum atomic E-state index is 5.26. The van der Waals surface area contributed by atoms with Crippen molar-refractivity contribution < 1.29 is 0 Å². The number of hydrazone groups is 1. The molecular weight excluding hydrogens is 234 g/mol. The minimum Gasteiger partial charge on any atom is -0.375 e. The Hall–Kier alpha value is -1.95. The van der Waals surface area contributed by atoms with E-state index in [4.69, 9.17) is 5.73 Å². The predicted molar refractivity (Wildman–Crippen MR) is 73.0 cm³/mol. The van der Waals surface area contributed by atoms with Crippen molar-refractivity contribution in [3.63, 3.8) is 0 Å². The van der Waals surface area contributed by atoms with Crippen molar-refractivity contribution in [2.45, 2.75) is 6.92 Å². The Bertz CT molecular complexity index is 599. The Balaban J connectivity index is 2.32. The summed E-state index contributed by atoms with van der Waals surface area (Å²) in [4.78, 5) is 0. The molecule has 1 heterocycles. The molecule has 5 nitrogen and oxygen atoms in total. The molecule has 0 saturated heterocycles. The van der Waals surface area contributed by atoms with Crippen LogP contribution in [0.4, 0.5) is 0 Å². The van der Waals surface area contributed by atoms with Crippen molar-refractivity contribution in [1.82, 2.24) is 15.2 Å². The van der Waals surface area contributed by atoms with Gasteiger partial charge in [0, 0.05) is 18.1 Å². The number of thiocarbonyl (C=S) groups is 1. The van der Waals surface area contributed by atoms with Gasteiger partial charge in [0.25, 0.3) is 0 Å². The van der Waals surface area contributed by atoms with Crippen LogP contribution in [0.1, 0.15) is 11.3 Å². The lowest BCUT2D eigenvalue weighted by Crippen LogP contribution is -2.23. The van der Waals surface area contributed by atoms with Gasteiger partial charge in [0.05, 0.1) is 11.7 Å². The minimum absolute atomic E-state index is 0.149. The molecule has 0 spiro atoms. The van der Waals surface area contributed by atoms with Crippen LogP contribution in [0.3, 0.4) is 0 Å². The molecule has 88 valence electrons. The normalized spacial score (nSPS) is 11.2. The lowest BCUT2D eigenvalue weighted by atomic mass is 10.1. The molecule has 0 amide bonds. The van der Waals surface area contributed by atoms with E-state index in [-0.39, 0.29) is 5.11 Å². The third kappa shape index (κ3) is 2.42. The first-order valence-electron chi connectivity index (χ1n) is 5.10. The Morgan fingerprint density at radius 1 is 1.59 bits per heavy atom. The Kier molecular flexibility index (Phi) is 3.06. The number of aryl methyl sites for hydroxylation is 2. The van der Waals surface area contributed by atoms with E-state index in [0.29, 0.717) is 0 Å². The molecule has 6 heteroatoms. The van der Waals surface area contributed by atoms with Crippen molar-refractivity contribution in [3.8, 4) is 0 Å². The molecule has 17 heavy (non-hydrogen) atoms. The molecule has 0 bridgehead atoms. The number of rotatable bonds is 2. The summed E-state index contributed by atoms with van der Waals surface area (Å²) in [5.74, 6) is 0. The standard InChI is InChI=1S/C11H13N5S/c1-7-9-4-3-8(6-13-14-11(12)17)5-10(9)15-16(7)2/h3-6H,1-2H3,(H3,12,14,17). The van der Waals surface area contributed by atoms with Gasteiger partial charge in [0.15, 0.2) is 5.11 Å². The van der Waals surface area contributed by atoms with Crippen molar-refractivity contribution in [1.29, 1.82) is 0 Å². The van der Waals surface area contributed by atoms with Crippen molar-refractivity contribution in [3.05, 3.63) is 29.5 Å². The van der Waals surface area contributed by atoms with E-state index < -0.39 is 0 Å². The number of benzene rings is 1. The van der Waals surface area contributed by atoms with Crippen LogP contribution < -0.4 is 11.2 Å². The zero-order valence-electron chi connectivity index (χ0n) is 9.64. The highest BCUT2D eigenvalue weighted by atomic mass is 32.1. The molecule has 0 saturated carbocycles. The van der Waals surface area contributed by atoms with Gasteiger partial charge in [-0.15, -0.1) is 0 Å². The zero-order valence-corrected chi connectivity index (χ0v) is 10.5. The summed E-state index contributed by atoms with van der Waals surface area (Å²) in [5.41, 5.74) is 10.8. The molecule has 0 radical (unpaired) electrons. The van der Waals surface area contributed by atoms with Gasteiger partial charge in [0.2, 0.25) is 0 Å². The van der Waals surface area contributed by atoms with Crippen LogP contribution in [0.2, 0.25) is 0 Å². The largest absolute Gasteiger partial charge is 0.375 e. The molecule has 0 unspecified atom stereocenters. The number of nitrogens with one attached hydrogen (secondary N) is 1. The Morgan fingerprint density at radius 3 is 3.06 bits per heavy atom. The molecular formula is C11H13N5S. The van der Waals surface area contributed by atoms with E-state index >= 15 is 0 Å². The van der Waals surface area contributed by atoms with E-state index in [1.807, 2.05) is 36.9 Å². The minimum atomic E-state index is 0.149. The molecule has 0 aliphatic rings. The van der Waals surface area contributed by atoms with E-state index in [2.05, 4.69) is 27.8 Å². The molecule has 0 fully saturated rings. The number of hydrogen-bond acceptors (Lipinski definition) is 3.